The number of thiazole rings is 2. The van der Waals surface area contributed by atoms with Crippen molar-refractivity contribution in [2.24, 2.45) is 84.6 Å². The van der Waals surface area contributed by atoms with Crippen molar-refractivity contribution in [1.82, 2.24) is 136 Å². The van der Waals surface area contributed by atoms with Crippen molar-refractivity contribution in [2.75, 3.05) is 0 Å². The first-order chi connectivity index (χ1) is 61.3. The Labute approximate surface area is 786 Å². The van der Waals surface area contributed by atoms with Gasteiger partial charge in [0.1, 0.15) is 23.7 Å². The lowest BCUT2D eigenvalue weighted by molar-refractivity contribution is 0.521. The molecule has 0 saturated heterocycles. The van der Waals surface area contributed by atoms with Gasteiger partial charge in [-0.2, -0.15) is 20.4 Å². The molecule has 0 aliphatic carbocycles. The summed E-state index contributed by atoms with van der Waals surface area (Å²) in [5, 5.41) is 36.4. The maximum atomic E-state index is 10.7. The Bertz CT molecular complexity index is 5150. The first-order valence-electron chi connectivity index (χ1n) is 41.8. The van der Waals surface area contributed by atoms with Gasteiger partial charge in [-0.1, -0.05) is 30.0 Å². The predicted molar refractivity (Wildman–Crippen MR) is 535 cm³/mol. The fourth-order valence-electron chi connectivity index (χ4n) is 9.02. The molecule has 18 aromatic heterocycles. The van der Waals surface area contributed by atoms with Crippen molar-refractivity contribution in [3.63, 3.8) is 0 Å². The average molecular weight is 1830 g/mol. The first kappa shape index (κ1) is 117. The predicted octanol–water partition coefficient (Wildman–Crippen LogP) is 19.4. The van der Waals surface area contributed by atoms with E-state index in [9.17, 15) is 4.79 Å². The molecule has 131 heavy (non-hydrogen) atoms. The normalized spacial score (nSPS) is 9.34. The highest BCUT2D eigenvalue weighted by atomic mass is 32.1. The lowest BCUT2D eigenvalue weighted by atomic mass is 10.1. The van der Waals surface area contributed by atoms with Crippen molar-refractivity contribution in [2.45, 2.75) is 174 Å². The van der Waals surface area contributed by atoms with Gasteiger partial charge in [0.05, 0.1) is 46.3 Å². The molecule has 0 amide bonds. The van der Waals surface area contributed by atoms with E-state index < -0.39 is 0 Å². The van der Waals surface area contributed by atoms with E-state index in [2.05, 4.69) is 196 Å². The van der Waals surface area contributed by atoms with Gasteiger partial charge < -0.3 is 36.2 Å². The van der Waals surface area contributed by atoms with Gasteiger partial charge in [0, 0.05) is 259 Å². The zero-order valence-corrected chi connectivity index (χ0v) is 85.5. The van der Waals surface area contributed by atoms with Crippen molar-refractivity contribution in [3.05, 3.63) is 365 Å². The quantitative estimate of drug-likeness (QED) is 0.136. The molecule has 0 fully saturated rings. The summed E-state index contributed by atoms with van der Waals surface area (Å²) >= 11 is 3.33. The van der Waals surface area contributed by atoms with E-state index in [-0.39, 0.29) is 13.1 Å². The molecular weight excluding hydrogens is 1680 g/mol. The second-order valence-electron chi connectivity index (χ2n) is 29.8. The number of furan rings is 1. The Kier molecular flexibility index (Phi) is 58.9. The van der Waals surface area contributed by atoms with Crippen molar-refractivity contribution in [3.8, 4) is 0 Å². The fourth-order valence-corrected chi connectivity index (χ4v) is 9.90. The number of nitrogens with zero attached hydrogens (tertiary/aromatic N) is 28. The fraction of sp³-hybridized carbons (Fsp3) is 0.378. The third-order valence-corrected chi connectivity index (χ3v) is 20.3. The zero-order valence-electron chi connectivity index (χ0n) is 83.8. The van der Waals surface area contributed by atoms with Crippen LogP contribution in [0.3, 0.4) is 0 Å². The highest BCUT2D eigenvalue weighted by Gasteiger charge is 1.98. The third kappa shape index (κ3) is 53.6. The van der Waals surface area contributed by atoms with Crippen LogP contribution in [0.2, 0.25) is 0 Å². The molecule has 0 aliphatic rings. The van der Waals surface area contributed by atoms with Gasteiger partial charge in [0.2, 0.25) is 0 Å². The van der Waals surface area contributed by atoms with Crippen LogP contribution in [-0.4, -0.2) is 136 Å². The molecule has 0 N–H and O–H groups in total. The van der Waals surface area contributed by atoms with Crippen LogP contribution in [0.5, 0.6) is 0 Å². The molecule has 0 radical (unpaired) electrons. The van der Waals surface area contributed by atoms with Crippen molar-refractivity contribution < 1.29 is 8.83 Å². The molecule has 0 bridgehead atoms. The lowest BCUT2D eigenvalue weighted by Crippen LogP contribution is -2.18. The monoisotopic (exact) mass is 1830 g/mol. The van der Waals surface area contributed by atoms with Gasteiger partial charge in [0.25, 0.3) is 0 Å². The zero-order chi connectivity index (χ0) is 98.0. The lowest BCUT2D eigenvalue weighted by Gasteiger charge is -1.99. The van der Waals surface area contributed by atoms with Crippen LogP contribution in [-0.2, 0) is 84.6 Å². The minimum absolute atomic E-state index is 0. The van der Waals surface area contributed by atoms with Crippen molar-refractivity contribution in [1.29, 1.82) is 0 Å². The van der Waals surface area contributed by atoms with Crippen LogP contribution in [0.1, 0.15) is 142 Å². The van der Waals surface area contributed by atoms with E-state index in [1.165, 1.54) is 70.9 Å². The van der Waals surface area contributed by atoms with Crippen LogP contribution in [0.25, 0.3) is 0 Å². The van der Waals surface area contributed by atoms with Crippen LogP contribution >= 0.6 is 22.7 Å². The number of aromatic nitrogens is 28. The summed E-state index contributed by atoms with van der Waals surface area (Å²) in [6, 6.07) is 24.4. The SMILES string of the molecule is C.Cc1ccc(C)c(C)n1.Cc1ccc(C)c(C)n1.Cc1ccn(C)c1C.Cc1ccn(C)c1C.Cc1ccn(C)n1.Cc1ccn(C)n1.Cc1ccnc(C)c1C.Cc1ccnn1C.Cc1ccnn1C.Cc1ccoc1C.Cc1nccn1C.Cc1nccn1C.Cc1ncco1.Cc1nccs1.Cc1nccs1.Cn1ccn(C)c1=O.Cn1ccnn1.Cn1ccnn1. The van der Waals surface area contributed by atoms with E-state index in [1.807, 2.05) is 269 Å². The van der Waals surface area contributed by atoms with Gasteiger partial charge in [-0.05, 0) is 259 Å². The van der Waals surface area contributed by atoms with Gasteiger partial charge in [-0.15, -0.1) is 32.9 Å². The Balaban J connectivity index is 0.00000137. The van der Waals surface area contributed by atoms with Crippen LogP contribution < -0.4 is 5.69 Å². The topological polar surface area (TPSA) is 309 Å². The number of hydrogen-bond acceptors (Lipinski definition) is 21. The van der Waals surface area contributed by atoms with Crippen LogP contribution in [0, 0.1) is 166 Å². The molecule has 18 rings (SSSR count). The van der Waals surface area contributed by atoms with Crippen molar-refractivity contribution >= 4 is 22.7 Å². The Hall–Kier alpha value is -13.7. The summed E-state index contributed by atoms with van der Waals surface area (Å²) in [4.78, 5) is 43.0. The number of oxazole rings is 1. The Morgan fingerprint density at radius 1 is 0.298 bits per heavy atom. The maximum Gasteiger partial charge on any atom is 0.327 e. The first-order valence-corrected chi connectivity index (χ1v) is 43.5. The molecule has 18 aromatic rings. The smallest absolute Gasteiger partial charge is 0.327 e. The maximum absolute atomic E-state index is 10.7. The number of aryl methyl sites for hydroxylation is 33. The van der Waals surface area contributed by atoms with E-state index in [1.54, 1.807) is 156 Å². The summed E-state index contributed by atoms with van der Waals surface area (Å²) in [5.74, 6) is 3.84. The molecule has 0 aliphatic heterocycles. The molecule has 33 heteroatoms. The van der Waals surface area contributed by atoms with Gasteiger partial charge in [0.15, 0.2) is 5.89 Å². The summed E-state index contributed by atoms with van der Waals surface area (Å²) in [6.07, 6.45) is 39.6. The highest BCUT2D eigenvalue weighted by molar-refractivity contribution is 7.09. The minimum Gasteiger partial charge on any atom is -0.469 e. The molecule has 18 heterocycles. The molecule has 0 atom stereocenters. The summed E-state index contributed by atoms with van der Waals surface area (Å²) in [5.41, 5.74) is 22.0. The number of imidazole rings is 3. The second-order valence-corrected chi connectivity index (χ2v) is 32.0. The molecule has 0 saturated carbocycles. The van der Waals surface area contributed by atoms with Gasteiger partial charge in [-0.3, -0.25) is 53.0 Å². The average Bonchev–Trinajstić information content (AvgIpc) is 1.81. The molecule has 710 valence electrons. The van der Waals surface area contributed by atoms with E-state index >= 15 is 0 Å². The van der Waals surface area contributed by atoms with E-state index in [0.717, 1.165) is 73.2 Å². The molecule has 0 spiro atoms. The van der Waals surface area contributed by atoms with Gasteiger partial charge >= 0.3 is 5.69 Å². The van der Waals surface area contributed by atoms with Crippen LogP contribution in [0.15, 0.2) is 234 Å². The number of pyridine rings is 3. The Morgan fingerprint density at radius 3 is 0.847 bits per heavy atom. The number of hydrogen-bond donors (Lipinski definition) is 0. The second kappa shape index (κ2) is 65.8. The molecular formula is C98H148N28O3S2. The highest BCUT2D eigenvalue weighted by Crippen LogP contribution is 2.10. The number of rotatable bonds is 0. The standard InChI is InChI=1S/3C8H11N.2C7H11N.C6H8O.C5H8N2O.6C5H8N2.C4H5NO.2C4H5NS.2C3H5N3.CH4/c1-6-4-5-9-8(3)7(6)2;2*1-6-4-5-7(2)9-8(6)3;2*1-6-4-5-8(3)7(6)2;1-5-3-4-7-6(5)2;1-6-3-4-7(2)5(6)8;2*1-5-6-3-4-7(5)2;2*1-5-3-4-7(2)6-5;2*1-5-3-4-6-7(5)2;3*1-4-5-2-3-6-4;2*1-6-3-2-4-5-6;/h3*4-5H,1-3H3;2*4-5H,1-3H3;3-4H,1-2H3;3-4H,1-2H3;6*3-4H,1-2H3;5*2-3H,1H3;1H4. The van der Waals surface area contributed by atoms with E-state index in [0.29, 0.717) is 0 Å². The largest absolute Gasteiger partial charge is 0.469 e. The summed E-state index contributed by atoms with van der Waals surface area (Å²) in [6.45, 7) is 48.6. The minimum atomic E-state index is 0. The molecule has 0 unspecified atom stereocenters. The molecule has 31 nitrogen and oxygen atoms in total. The summed E-state index contributed by atoms with van der Waals surface area (Å²) < 4.78 is 31.4. The Morgan fingerprint density at radius 2 is 0.718 bits per heavy atom. The van der Waals surface area contributed by atoms with Gasteiger partial charge in [-0.25, -0.2) is 19.7 Å². The molecule has 0 aromatic carbocycles. The van der Waals surface area contributed by atoms with Crippen LogP contribution in [0.4, 0.5) is 0 Å². The summed E-state index contributed by atoms with van der Waals surface area (Å²) in [7, 11) is 22.8. The third-order valence-electron chi connectivity index (χ3n) is 18.9. The van der Waals surface area contributed by atoms with E-state index in [4.69, 9.17) is 8.83 Å².